The second kappa shape index (κ2) is 17.1. The molecule has 0 unspecified atom stereocenters. The van der Waals surface area contributed by atoms with Gasteiger partial charge < -0.3 is 42.6 Å². The van der Waals surface area contributed by atoms with Crippen molar-refractivity contribution >= 4 is 48.1 Å². The lowest BCUT2D eigenvalue weighted by atomic mass is 9.98. The molecule has 43 heavy (non-hydrogen) atoms. The van der Waals surface area contributed by atoms with Crippen LogP contribution in [0.2, 0.25) is 0 Å². The van der Waals surface area contributed by atoms with Gasteiger partial charge in [-0.3, -0.25) is 38.4 Å². The van der Waals surface area contributed by atoms with Crippen molar-refractivity contribution in [3.8, 4) is 0 Å². The zero-order valence-corrected chi connectivity index (χ0v) is 24.9. The van der Waals surface area contributed by atoms with Crippen molar-refractivity contribution in [2.45, 2.75) is 111 Å². The fourth-order valence-corrected chi connectivity index (χ4v) is 4.13. The summed E-state index contributed by atoms with van der Waals surface area (Å²) < 4.78 is 47.9. The molecule has 0 radical (unpaired) electrons. The Morgan fingerprint density at radius 2 is 1.05 bits per heavy atom. The lowest BCUT2D eigenvalue weighted by molar-refractivity contribution is -0.306. The molecule has 0 saturated carbocycles. The largest absolute Gasteiger partial charge is 0.456 e. The van der Waals surface area contributed by atoms with Crippen molar-refractivity contribution in [1.82, 2.24) is 0 Å². The number of ether oxygens (including phenoxy) is 9. The van der Waals surface area contributed by atoms with Gasteiger partial charge in [0.2, 0.25) is 0 Å². The van der Waals surface area contributed by atoms with E-state index in [1.54, 1.807) is 0 Å². The number of esters is 7. The van der Waals surface area contributed by atoms with Gasteiger partial charge in [-0.15, -0.1) is 0 Å². The highest BCUT2D eigenvalue weighted by Gasteiger charge is 2.52. The predicted molar refractivity (Wildman–Crippen MR) is 135 cm³/mol. The van der Waals surface area contributed by atoms with Crippen LogP contribution in [0.15, 0.2) is 0 Å². The molecule has 0 bridgehead atoms. The van der Waals surface area contributed by atoms with Crippen molar-refractivity contribution in [3.63, 3.8) is 0 Å². The average Bonchev–Trinajstić information content (AvgIpc) is 2.85. The van der Waals surface area contributed by atoms with Crippen molar-refractivity contribution in [2.75, 3.05) is 6.61 Å². The number of aldehydes is 1. The third-order valence-electron chi connectivity index (χ3n) is 5.43. The van der Waals surface area contributed by atoms with Gasteiger partial charge >= 0.3 is 41.8 Å². The van der Waals surface area contributed by atoms with Gasteiger partial charge in [0.25, 0.3) is 0 Å². The Balaban J connectivity index is 3.55. The van der Waals surface area contributed by atoms with Crippen molar-refractivity contribution in [1.29, 1.82) is 0 Å². The molecule has 0 amide bonds. The molecule has 9 atom stereocenters. The molecule has 17 nitrogen and oxygen atoms in total. The maximum atomic E-state index is 12.1. The Labute approximate surface area is 246 Å². The third-order valence-corrected chi connectivity index (χ3v) is 5.43. The molecule has 0 spiro atoms. The smallest absolute Gasteiger partial charge is 0.303 e. The van der Waals surface area contributed by atoms with E-state index in [2.05, 4.69) is 0 Å². The van der Waals surface area contributed by atoms with Gasteiger partial charge in [0.15, 0.2) is 55.3 Å². The molecule has 0 aromatic heterocycles. The first-order valence-corrected chi connectivity index (χ1v) is 12.9. The quantitative estimate of drug-likeness (QED) is 0.135. The van der Waals surface area contributed by atoms with Crippen LogP contribution >= 0.6 is 0 Å². The Hall–Kier alpha value is -4.12. The zero-order chi connectivity index (χ0) is 33.0. The van der Waals surface area contributed by atoms with Crippen LogP contribution in [-0.2, 0) is 81.0 Å². The van der Waals surface area contributed by atoms with E-state index in [4.69, 9.17) is 42.6 Å². The van der Waals surface area contributed by atoms with E-state index in [1.807, 2.05) is 0 Å². The van der Waals surface area contributed by atoms with E-state index in [1.165, 1.54) is 6.92 Å². The maximum Gasteiger partial charge on any atom is 0.303 e. The van der Waals surface area contributed by atoms with E-state index >= 15 is 0 Å². The molecule has 1 fully saturated rings. The van der Waals surface area contributed by atoms with Crippen LogP contribution in [0.1, 0.15) is 55.4 Å². The molecular formula is C26H36O17. The Morgan fingerprint density at radius 1 is 0.605 bits per heavy atom. The molecule has 1 aliphatic heterocycles. The van der Waals surface area contributed by atoms with Crippen LogP contribution in [0.4, 0.5) is 0 Å². The van der Waals surface area contributed by atoms with Crippen LogP contribution in [0.25, 0.3) is 0 Å². The van der Waals surface area contributed by atoms with Crippen LogP contribution in [-0.4, -0.2) is 110 Å². The number of rotatable bonds is 14. The summed E-state index contributed by atoms with van der Waals surface area (Å²) in [6.45, 7) is 7.78. The zero-order valence-electron chi connectivity index (χ0n) is 24.9. The lowest BCUT2D eigenvalue weighted by Crippen LogP contribution is -2.61. The predicted octanol–water partition coefficient (Wildman–Crippen LogP) is -0.531. The van der Waals surface area contributed by atoms with E-state index in [0.717, 1.165) is 48.5 Å². The number of carbonyl (C=O) groups excluding carboxylic acids is 8. The average molecular weight is 621 g/mol. The standard InChI is InChI=1S/C26H36O17/c1-11-21(39-14(4)30)24(42-17(7)33)25(43-18(8)34)26(36-11)35-10-20(38-13(3)29)23(41-16(6)32)22(40-15(5)31)19(9-27)37-12(2)28/h9,11,19-26H,10H2,1-8H3/t11-,19-,20+,21-,22+,23+,24+,25+,26+/m0/s1. The van der Waals surface area contributed by atoms with Crippen molar-refractivity contribution in [3.05, 3.63) is 0 Å². The molecule has 1 saturated heterocycles. The first-order valence-electron chi connectivity index (χ1n) is 12.9. The molecule has 1 heterocycles. The van der Waals surface area contributed by atoms with Crippen LogP contribution < -0.4 is 0 Å². The Bertz CT molecular complexity index is 1050. The summed E-state index contributed by atoms with van der Waals surface area (Å²) in [5.41, 5.74) is 0. The van der Waals surface area contributed by atoms with Crippen LogP contribution in [0.5, 0.6) is 0 Å². The van der Waals surface area contributed by atoms with E-state index in [-0.39, 0.29) is 6.29 Å². The van der Waals surface area contributed by atoms with E-state index in [9.17, 15) is 38.4 Å². The normalized spacial score (nSPS) is 24.0. The summed E-state index contributed by atoms with van der Waals surface area (Å²) in [5.74, 6) is -6.31. The van der Waals surface area contributed by atoms with Gasteiger partial charge in [0.05, 0.1) is 12.7 Å². The van der Waals surface area contributed by atoms with Crippen molar-refractivity contribution in [2.24, 2.45) is 0 Å². The SMILES string of the molecule is CC(=O)O[C@@H]1[C@@H](OC(C)=O)[C@H](C)O[C@@H](OC[C@@H](OC(C)=O)[C@@H](OC(C)=O)[C@H](OC(C)=O)[C@H](C=O)OC(C)=O)[C@@H]1OC(C)=O. The van der Waals surface area contributed by atoms with E-state index in [0.29, 0.717) is 0 Å². The summed E-state index contributed by atoms with van der Waals surface area (Å²) in [6.07, 6.45) is -13.8. The number of hydrogen-bond acceptors (Lipinski definition) is 17. The topological polar surface area (TPSA) is 220 Å². The molecule has 0 N–H and O–H groups in total. The summed E-state index contributed by atoms with van der Waals surface area (Å²) >= 11 is 0. The maximum absolute atomic E-state index is 12.1. The minimum atomic E-state index is -1.83. The lowest BCUT2D eigenvalue weighted by Gasteiger charge is -2.43. The molecule has 1 aliphatic rings. The minimum absolute atomic E-state index is 0.110. The molecule has 0 aliphatic carbocycles. The highest BCUT2D eigenvalue weighted by Crippen LogP contribution is 2.30. The first kappa shape index (κ1) is 36.9. The van der Waals surface area contributed by atoms with Gasteiger partial charge in [-0.1, -0.05) is 0 Å². The van der Waals surface area contributed by atoms with E-state index < -0.39 is 104 Å². The highest BCUT2D eigenvalue weighted by atomic mass is 16.7. The van der Waals surface area contributed by atoms with Crippen LogP contribution in [0, 0.1) is 0 Å². The molecular weight excluding hydrogens is 584 g/mol. The van der Waals surface area contributed by atoms with Gasteiger partial charge in [-0.2, -0.15) is 0 Å². The highest BCUT2D eigenvalue weighted by molar-refractivity contribution is 5.72. The molecule has 17 heteroatoms. The number of carbonyl (C=O) groups is 8. The summed E-state index contributed by atoms with van der Waals surface area (Å²) in [7, 11) is 0. The Kier molecular flexibility index (Phi) is 14.7. The summed E-state index contributed by atoms with van der Waals surface area (Å²) in [5, 5.41) is 0. The van der Waals surface area contributed by atoms with Crippen molar-refractivity contribution < 1.29 is 81.0 Å². The molecule has 242 valence electrons. The fraction of sp³-hybridized carbons (Fsp3) is 0.692. The van der Waals surface area contributed by atoms with Gasteiger partial charge in [0.1, 0.15) is 0 Å². The Morgan fingerprint density at radius 3 is 1.49 bits per heavy atom. The number of hydrogen-bond donors (Lipinski definition) is 0. The summed E-state index contributed by atoms with van der Waals surface area (Å²) in [4.78, 5) is 95.0. The summed E-state index contributed by atoms with van der Waals surface area (Å²) in [6, 6.07) is 0. The third kappa shape index (κ3) is 12.3. The molecule has 1 rings (SSSR count). The second-order valence-electron chi connectivity index (χ2n) is 9.27. The van der Waals surface area contributed by atoms with Gasteiger partial charge in [0, 0.05) is 48.5 Å². The monoisotopic (exact) mass is 620 g/mol. The van der Waals surface area contributed by atoms with Crippen LogP contribution in [0.3, 0.4) is 0 Å². The first-order chi connectivity index (χ1) is 20.0. The van der Waals surface area contributed by atoms with Gasteiger partial charge in [-0.05, 0) is 6.92 Å². The van der Waals surface area contributed by atoms with Gasteiger partial charge in [-0.25, -0.2) is 0 Å². The second-order valence-corrected chi connectivity index (χ2v) is 9.27. The molecule has 0 aromatic rings. The fourth-order valence-electron chi connectivity index (χ4n) is 4.13. The molecule has 0 aromatic carbocycles. The minimum Gasteiger partial charge on any atom is -0.456 e.